The second kappa shape index (κ2) is 6.64. The molecule has 0 bridgehead atoms. The van der Waals surface area contributed by atoms with Gasteiger partial charge in [0.2, 0.25) is 0 Å². The van der Waals surface area contributed by atoms with Crippen LogP contribution in [-0.4, -0.2) is 19.0 Å². The van der Waals surface area contributed by atoms with Gasteiger partial charge in [0.1, 0.15) is 0 Å². The zero-order valence-electron chi connectivity index (χ0n) is 8.72. The SMILES string of the molecule is CCOc1ccc(CNCCCl)cc1F. The molecule has 2 nitrogen and oxygen atoms in total. The van der Waals surface area contributed by atoms with Crippen LogP contribution in [-0.2, 0) is 6.54 Å². The summed E-state index contributed by atoms with van der Waals surface area (Å²) in [6.07, 6.45) is 0. The summed E-state index contributed by atoms with van der Waals surface area (Å²) in [4.78, 5) is 0. The van der Waals surface area contributed by atoms with Crippen LogP contribution in [0.25, 0.3) is 0 Å². The van der Waals surface area contributed by atoms with Crippen molar-refractivity contribution >= 4 is 11.6 Å². The highest BCUT2D eigenvalue weighted by Gasteiger charge is 2.03. The van der Waals surface area contributed by atoms with E-state index in [-0.39, 0.29) is 5.82 Å². The van der Waals surface area contributed by atoms with Crippen molar-refractivity contribution in [3.8, 4) is 5.75 Å². The summed E-state index contributed by atoms with van der Waals surface area (Å²) >= 11 is 5.51. The van der Waals surface area contributed by atoms with E-state index < -0.39 is 0 Å². The topological polar surface area (TPSA) is 21.3 Å². The molecule has 0 fully saturated rings. The summed E-state index contributed by atoms with van der Waals surface area (Å²) < 4.78 is 18.5. The van der Waals surface area contributed by atoms with Gasteiger partial charge in [-0.1, -0.05) is 6.07 Å². The number of hydrogen-bond acceptors (Lipinski definition) is 2. The predicted octanol–water partition coefficient (Wildman–Crippen LogP) is 2.55. The Morgan fingerprint density at radius 1 is 1.47 bits per heavy atom. The van der Waals surface area contributed by atoms with E-state index in [1.165, 1.54) is 6.07 Å². The second-order valence-corrected chi connectivity index (χ2v) is 3.44. The standard InChI is InChI=1S/C11H15ClFNO/c1-2-15-11-4-3-9(7-10(11)13)8-14-6-5-12/h3-4,7,14H,2,5-6,8H2,1H3. The first kappa shape index (κ1) is 12.3. The van der Waals surface area contributed by atoms with Gasteiger partial charge in [0.15, 0.2) is 11.6 Å². The average Bonchev–Trinajstić information content (AvgIpc) is 2.23. The van der Waals surface area contributed by atoms with E-state index in [2.05, 4.69) is 5.32 Å². The highest BCUT2D eigenvalue weighted by Crippen LogP contribution is 2.18. The molecule has 0 aliphatic carbocycles. The molecule has 1 aromatic carbocycles. The molecule has 15 heavy (non-hydrogen) atoms. The normalized spacial score (nSPS) is 10.3. The van der Waals surface area contributed by atoms with Gasteiger partial charge < -0.3 is 10.1 Å². The van der Waals surface area contributed by atoms with Crippen molar-refractivity contribution in [2.45, 2.75) is 13.5 Å². The smallest absolute Gasteiger partial charge is 0.165 e. The number of ether oxygens (including phenoxy) is 1. The van der Waals surface area contributed by atoms with Crippen LogP contribution in [0.4, 0.5) is 4.39 Å². The van der Waals surface area contributed by atoms with Crippen molar-refractivity contribution in [1.82, 2.24) is 5.32 Å². The molecule has 0 aliphatic rings. The third kappa shape index (κ3) is 4.06. The quantitative estimate of drug-likeness (QED) is 0.600. The molecule has 0 saturated heterocycles. The first-order chi connectivity index (χ1) is 7.27. The Bertz CT molecular complexity index is 307. The Kier molecular flexibility index (Phi) is 5.43. The molecular formula is C11H15ClFNO. The lowest BCUT2D eigenvalue weighted by atomic mass is 10.2. The van der Waals surface area contributed by atoms with Crippen LogP contribution >= 0.6 is 11.6 Å². The van der Waals surface area contributed by atoms with Crippen LogP contribution < -0.4 is 10.1 Å². The molecule has 84 valence electrons. The van der Waals surface area contributed by atoms with Gasteiger partial charge in [-0.25, -0.2) is 4.39 Å². The summed E-state index contributed by atoms with van der Waals surface area (Å²) in [7, 11) is 0. The molecule has 0 atom stereocenters. The largest absolute Gasteiger partial charge is 0.491 e. The highest BCUT2D eigenvalue weighted by atomic mass is 35.5. The lowest BCUT2D eigenvalue weighted by molar-refractivity contribution is 0.321. The van der Waals surface area contributed by atoms with E-state index in [0.29, 0.717) is 24.8 Å². The van der Waals surface area contributed by atoms with Gasteiger partial charge >= 0.3 is 0 Å². The summed E-state index contributed by atoms with van der Waals surface area (Å²) in [5, 5.41) is 3.09. The number of benzene rings is 1. The fraction of sp³-hybridized carbons (Fsp3) is 0.455. The molecular weight excluding hydrogens is 217 g/mol. The van der Waals surface area contributed by atoms with Crippen LogP contribution in [0.1, 0.15) is 12.5 Å². The zero-order chi connectivity index (χ0) is 11.1. The van der Waals surface area contributed by atoms with Gasteiger partial charge in [-0.05, 0) is 24.6 Å². The fourth-order valence-electron chi connectivity index (χ4n) is 1.23. The lowest BCUT2D eigenvalue weighted by Gasteiger charge is -2.07. The molecule has 0 amide bonds. The van der Waals surface area contributed by atoms with E-state index in [1.807, 2.05) is 13.0 Å². The minimum Gasteiger partial charge on any atom is -0.491 e. The third-order valence-electron chi connectivity index (χ3n) is 1.90. The summed E-state index contributed by atoms with van der Waals surface area (Å²) in [5.41, 5.74) is 0.890. The van der Waals surface area contributed by atoms with Gasteiger partial charge in [0.05, 0.1) is 6.61 Å². The minimum atomic E-state index is -0.318. The molecule has 0 saturated carbocycles. The van der Waals surface area contributed by atoms with E-state index in [4.69, 9.17) is 16.3 Å². The molecule has 0 aromatic heterocycles. The number of nitrogens with one attached hydrogen (secondary N) is 1. The Morgan fingerprint density at radius 3 is 2.87 bits per heavy atom. The monoisotopic (exact) mass is 231 g/mol. The Balaban J connectivity index is 2.56. The number of rotatable bonds is 6. The number of hydrogen-bond donors (Lipinski definition) is 1. The number of alkyl halides is 1. The van der Waals surface area contributed by atoms with Crippen molar-refractivity contribution in [1.29, 1.82) is 0 Å². The van der Waals surface area contributed by atoms with E-state index >= 15 is 0 Å². The maximum atomic E-state index is 13.4. The highest BCUT2D eigenvalue weighted by molar-refractivity contribution is 6.18. The van der Waals surface area contributed by atoms with Crippen molar-refractivity contribution in [2.75, 3.05) is 19.0 Å². The van der Waals surface area contributed by atoms with Gasteiger partial charge in [0.25, 0.3) is 0 Å². The van der Waals surface area contributed by atoms with E-state index in [0.717, 1.165) is 12.1 Å². The minimum absolute atomic E-state index is 0.304. The third-order valence-corrected chi connectivity index (χ3v) is 2.09. The molecule has 0 radical (unpaired) electrons. The summed E-state index contributed by atoms with van der Waals surface area (Å²) in [6.45, 7) is 3.64. The van der Waals surface area contributed by atoms with Gasteiger partial charge in [-0.2, -0.15) is 0 Å². The second-order valence-electron chi connectivity index (χ2n) is 3.06. The summed E-state index contributed by atoms with van der Waals surface area (Å²) in [5.74, 6) is 0.542. The lowest BCUT2D eigenvalue weighted by Crippen LogP contribution is -2.15. The first-order valence-electron chi connectivity index (χ1n) is 4.95. The fourth-order valence-corrected chi connectivity index (χ4v) is 1.36. The molecule has 1 aromatic rings. The van der Waals surface area contributed by atoms with Crippen LogP contribution in [0.2, 0.25) is 0 Å². The number of halogens is 2. The predicted molar refractivity (Wildman–Crippen MR) is 60.0 cm³/mol. The molecule has 0 unspecified atom stereocenters. The first-order valence-corrected chi connectivity index (χ1v) is 5.49. The Morgan fingerprint density at radius 2 is 2.27 bits per heavy atom. The van der Waals surface area contributed by atoms with Gasteiger partial charge in [-0.3, -0.25) is 0 Å². The average molecular weight is 232 g/mol. The zero-order valence-corrected chi connectivity index (χ0v) is 9.48. The maximum absolute atomic E-state index is 13.4. The van der Waals surface area contributed by atoms with Crippen molar-refractivity contribution in [3.05, 3.63) is 29.6 Å². The molecule has 0 spiro atoms. The van der Waals surface area contributed by atoms with Gasteiger partial charge in [-0.15, -0.1) is 11.6 Å². The van der Waals surface area contributed by atoms with E-state index in [9.17, 15) is 4.39 Å². The van der Waals surface area contributed by atoms with Crippen LogP contribution in [0.5, 0.6) is 5.75 Å². The Hall–Kier alpha value is -0.800. The molecule has 1 rings (SSSR count). The van der Waals surface area contributed by atoms with Crippen molar-refractivity contribution in [2.24, 2.45) is 0 Å². The van der Waals surface area contributed by atoms with E-state index in [1.54, 1.807) is 6.07 Å². The van der Waals surface area contributed by atoms with Crippen LogP contribution in [0.15, 0.2) is 18.2 Å². The van der Waals surface area contributed by atoms with Crippen LogP contribution in [0, 0.1) is 5.82 Å². The van der Waals surface area contributed by atoms with Gasteiger partial charge in [0, 0.05) is 19.0 Å². The van der Waals surface area contributed by atoms with Crippen molar-refractivity contribution in [3.63, 3.8) is 0 Å². The Labute approximate surface area is 94.4 Å². The molecule has 1 N–H and O–H groups in total. The van der Waals surface area contributed by atoms with Crippen LogP contribution in [0.3, 0.4) is 0 Å². The molecule has 0 heterocycles. The maximum Gasteiger partial charge on any atom is 0.165 e. The molecule has 4 heteroatoms. The molecule has 0 aliphatic heterocycles. The van der Waals surface area contributed by atoms with Crippen molar-refractivity contribution < 1.29 is 9.13 Å². The summed E-state index contributed by atoms with van der Waals surface area (Å²) in [6, 6.07) is 4.97.